The minimum atomic E-state index is -0.449. The first-order valence-electron chi connectivity index (χ1n) is 6.90. The topological polar surface area (TPSA) is 60.5 Å². The number of hydrogen-bond acceptors (Lipinski definition) is 4. The van der Waals surface area contributed by atoms with E-state index < -0.39 is 5.82 Å². The summed E-state index contributed by atoms with van der Waals surface area (Å²) in [6.07, 6.45) is 1.47. The van der Waals surface area contributed by atoms with Gasteiger partial charge in [0, 0.05) is 6.20 Å². The summed E-state index contributed by atoms with van der Waals surface area (Å²) in [5.41, 5.74) is 0.192. The Morgan fingerprint density at radius 2 is 1.86 bits per heavy atom. The average molecular weight is 304 g/mol. The van der Waals surface area contributed by atoms with Gasteiger partial charge in [-0.25, -0.2) is 4.39 Å². The Kier molecular flexibility index (Phi) is 5.71. The molecular weight excluding hydrogens is 287 g/mol. The van der Waals surface area contributed by atoms with Crippen molar-refractivity contribution >= 4 is 5.91 Å². The summed E-state index contributed by atoms with van der Waals surface area (Å²) < 4.78 is 24.0. The molecule has 116 valence electrons. The van der Waals surface area contributed by atoms with Crippen LogP contribution in [-0.4, -0.2) is 24.1 Å². The summed E-state index contributed by atoms with van der Waals surface area (Å²) in [5, 5.41) is 2.55. The molecular formula is C16H17FN2O3. The van der Waals surface area contributed by atoms with Gasteiger partial charge in [0.25, 0.3) is 5.91 Å². The number of nitrogens with zero attached hydrogens (tertiary/aromatic N) is 1. The third-order valence-electron chi connectivity index (χ3n) is 2.79. The van der Waals surface area contributed by atoms with E-state index in [9.17, 15) is 9.18 Å². The second-order valence-corrected chi connectivity index (χ2v) is 4.40. The van der Waals surface area contributed by atoms with Gasteiger partial charge in [-0.2, -0.15) is 0 Å². The molecule has 0 saturated heterocycles. The first-order chi connectivity index (χ1) is 10.7. The van der Waals surface area contributed by atoms with Crippen LogP contribution in [0.2, 0.25) is 0 Å². The van der Waals surface area contributed by atoms with Crippen LogP contribution < -0.4 is 14.8 Å². The van der Waals surface area contributed by atoms with Crippen LogP contribution in [0.5, 0.6) is 11.5 Å². The lowest BCUT2D eigenvalue weighted by molar-refractivity contribution is -0.123. The number of aromatic nitrogens is 1. The number of nitrogens with one attached hydrogen (secondary N) is 1. The zero-order valence-corrected chi connectivity index (χ0v) is 12.2. The monoisotopic (exact) mass is 304 g/mol. The van der Waals surface area contributed by atoms with Crippen LogP contribution in [0.3, 0.4) is 0 Å². The molecule has 6 heteroatoms. The van der Waals surface area contributed by atoms with Crippen molar-refractivity contribution in [2.45, 2.75) is 13.5 Å². The Balaban J connectivity index is 1.76. The van der Waals surface area contributed by atoms with E-state index in [1.54, 1.807) is 24.3 Å². The minimum absolute atomic E-state index is 0.0259. The Hall–Kier alpha value is -2.63. The van der Waals surface area contributed by atoms with E-state index in [1.165, 1.54) is 18.3 Å². The maximum Gasteiger partial charge on any atom is 0.258 e. The molecule has 0 aliphatic rings. The highest BCUT2D eigenvalue weighted by Gasteiger charge is 2.06. The van der Waals surface area contributed by atoms with Crippen LogP contribution in [0.4, 0.5) is 4.39 Å². The van der Waals surface area contributed by atoms with Gasteiger partial charge in [-0.05, 0) is 43.3 Å². The van der Waals surface area contributed by atoms with Crippen molar-refractivity contribution < 1.29 is 18.7 Å². The third-order valence-corrected chi connectivity index (χ3v) is 2.79. The summed E-state index contributed by atoms with van der Waals surface area (Å²) in [6.45, 7) is 2.37. The van der Waals surface area contributed by atoms with Crippen LogP contribution in [0.1, 0.15) is 12.6 Å². The van der Waals surface area contributed by atoms with Crippen molar-refractivity contribution in [3.8, 4) is 11.5 Å². The highest BCUT2D eigenvalue weighted by atomic mass is 19.1. The van der Waals surface area contributed by atoms with E-state index in [0.717, 1.165) is 5.75 Å². The summed E-state index contributed by atoms with van der Waals surface area (Å²) in [5.74, 6) is 0.502. The molecule has 5 nitrogen and oxygen atoms in total. The van der Waals surface area contributed by atoms with Gasteiger partial charge in [0.1, 0.15) is 17.3 Å². The Morgan fingerprint density at radius 3 is 2.50 bits per heavy atom. The van der Waals surface area contributed by atoms with E-state index in [0.29, 0.717) is 12.4 Å². The molecule has 0 bridgehead atoms. The molecule has 1 amide bonds. The predicted octanol–water partition coefficient (Wildman–Crippen LogP) is 2.31. The second-order valence-electron chi connectivity index (χ2n) is 4.40. The van der Waals surface area contributed by atoms with E-state index in [1.807, 2.05) is 6.92 Å². The third kappa shape index (κ3) is 4.73. The number of halogens is 1. The zero-order valence-electron chi connectivity index (χ0n) is 12.2. The molecule has 0 atom stereocenters. The van der Waals surface area contributed by atoms with Crippen LogP contribution in [0.15, 0.2) is 42.6 Å². The van der Waals surface area contributed by atoms with Crippen molar-refractivity contribution in [1.82, 2.24) is 10.3 Å². The van der Waals surface area contributed by atoms with Crippen molar-refractivity contribution in [1.29, 1.82) is 0 Å². The second kappa shape index (κ2) is 7.97. The molecule has 1 heterocycles. The lowest BCUT2D eigenvalue weighted by Gasteiger charge is -2.08. The number of carbonyl (C=O) groups is 1. The summed E-state index contributed by atoms with van der Waals surface area (Å²) in [7, 11) is 0. The molecule has 0 spiro atoms. The Morgan fingerprint density at radius 1 is 1.18 bits per heavy atom. The Bertz CT molecular complexity index is 617. The van der Waals surface area contributed by atoms with Gasteiger partial charge in [0.05, 0.1) is 18.8 Å². The predicted molar refractivity (Wildman–Crippen MR) is 79.1 cm³/mol. The lowest BCUT2D eigenvalue weighted by Crippen LogP contribution is -2.29. The molecule has 0 fully saturated rings. The fraction of sp³-hybridized carbons (Fsp3) is 0.250. The number of rotatable bonds is 7. The first-order valence-corrected chi connectivity index (χ1v) is 6.90. The molecule has 2 rings (SSSR count). The smallest absolute Gasteiger partial charge is 0.258 e. The zero-order chi connectivity index (χ0) is 15.8. The molecule has 0 aliphatic heterocycles. The van der Waals surface area contributed by atoms with E-state index in [2.05, 4.69) is 10.3 Å². The SMILES string of the molecule is CCOc1ccc(OCC(=O)NCc2ncccc2F)cc1. The standard InChI is InChI=1S/C16H17FN2O3/c1-2-21-12-5-7-13(8-6-12)22-11-16(20)19-10-15-14(17)4-3-9-18-15/h3-9H,2,10-11H2,1H3,(H,19,20). The maximum absolute atomic E-state index is 13.3. The van der Waals surface area contributed by atoms with Crippen molar-refractivity contribution in [3.63, 3.8) is 0 Å². The van der Waals surface area contributed by atoms with E-state index in [4.69, 9.17) is 9.47 Å². The minimum Gasteiger partial charge on any atom is -0.494 e. The number of hydrogen-bond donors (Lipinski definition) is 1. The van der Waals surface area contributed by atoms with Gasteiger partial charge in [0.15, 0.2) is 6.61 Å². The van der Waals surface area contributed by atoms with Gasteiger partial charge in [-0.15, -0.1) is 0 Å². The normalized spacial score (nSPS) is 10.1. The number of amides is 1. The molecule has 0 unspecified atom stereocenters. The number of carbonyl (C=O) groups excluding carboxylic acids is 1. The maximum atomic E-state index is 13.3. The van der Waals surface area contributed by atoms with Crippen molar-refractivity contribution in [3.05, 3.63) is 54.1 Å². The van der Waals surface area contributed by atoms with Crippen LogP contribution in [-0.2, 0) is 11.3 Å². The quantitative estimate of drug-likeness (QED) is 0.853. The fourth-order valence-corrected chi connectivity index (χ4v) is 1.73. The molecule has 22 heavy (non-hydrogen) atoms. The van der Waals surface area contributed by atoms with Crippen LogP contribution in [0, 0.1) is 5.82 Å². The van der Waals surface area contributed by atoms with Gasteiger partial charge in [0.2, 0.25) is 0 Å². The Labute approximate surface area is 128 Å². The van der Waals surface area contributed by atoms with Crippen LogP contribution >= 0.6 is 0 Å². The van der Waals surface area contributed by atoms with Gasteiger partial charge < -0.3 is 14.8 Å². The largest absolute Gasteiger partial charge is 0.494 e. The highest BCUT2D eigenvalue weighted by Crippen LogP contribution is 2.17. The molecule has 1 aromatic carbocycles. The molecule has 0 aliphatic carbocycles. The van der Waals surface area contributed by atoms with E-state index >= 15 is 0 Å². The summed E-state index contributed by atoms with van der Waals surface area (Å²) in [4.78, 5) is 15.5. The first kappa shape index (κ1) is 15.8. The van der Waals surface area contributed by atoms with Crippen molar-refractivity contribution in [2.24, 2.45) is 0 Å². The van der Waals surface area contributed by atoms with Crippen molar-refractivity contribution in [2.75, 3.05) is 13.2 Å². The number of benzene rings is 1. The fourth-order valence-electron chi connectivity index (χ4n) is 1.73. The average Bonchev–Trinajstić information content (AvgIpc) is 2.54. The van der Waals surface area contributed by atoms with E-state index in [-0.39, 0.29) is 24.8 Å². The number of ether oxygens (including phenoxy) is 2. The summed E-state index contributed by atoms with van der Waals surface area (Å²) >= 11 is 0. The summed E-state index contributed by atoms with van der Waals surface area (Å²) in [6, 6.07) is 9.76. The van der Waals surface area contributed by atoms with Gasteiger partial charge in [-0.1, -0.05) is 0 Å². The molecule has 2 aromatic rings. The lowest BCUT2D eigenvalue weighted by atomic mass is 10.3. The molecule has 1 N–H and O–H groups in total. The molecule has 0 saturated carbocycles. The van der Waals surface area contributed by atoms with Gasteiger partial charge >= 0.3 is 0 Å². The van der Waals surface area contributed by atoms with Gasteiger partial charge in [-0.3, -0.25) is 9.78 Å². The molecule has 0 radical (unpaired) electrons. The highest BCUT2D eigenvalue weighted by molar-refractivity contribution is 5.77. The van der Waals surface area contributed by atoms with Crippen LogP contribution in [0.25, 0.3) is 0 Å². The number of pyridine rings is 1. The molecule has 1 aromatic heterocycles.